The number of benzene rings is 3. The van der Waals surface area contributed by atoms with E-state index >= 15 is 0 Å². The monoisotopic (exact) mass is 1230 g/mol. The number of carbonyl (C=O) groups is 8. The lowest BCUT2D eigenvalue weighted by Crippen LogP contribution is -2.50. The molecule has 5 rings (SSSR count). The number of hydrogen-bond acceptors (Lipinski definition) is 19. The second kappa shape index (κ2) is 37.4. The van der Waals surface area contributed by atoms with E-state index in [0.29, 0.717) is 49.9 Å². The third kappa shape index (κ3) is 25.4. The molecule has 6 amide bonds. The molecular formula is C59H83N15O14. The largest absolute Gasteiger partial charge is 0.508 e. The highest BCUT2D eigenvalue weighted by Crippen LogP contribution is 2.27. The van der Waals surface area contributed by atoms with E-state index in [9.17, 15) is 68.4 Å². The van der Waals surface area contributed by atoms with E-state index < -0.39 is 58.6 Å². The van der Waals surface area contributed by atoms with E-state index in [1.165, 1.54) is 12.1 Å². The molecule has 1 aliphatic heterocycles. The first-order chi connectivity index (χ1) is 42.3. The summed E-state index contributed by atoms with van der Waals surface area (Å²) < 4.78 is 0. The molecule has 29 nitrogen and oxygen atoms in total. The Morgan fingerprint density at radius 1 is 0.545 bits per heavy atom. The zero-order valence-electron chi connectivity index (χ0n) is 49.5. The Morgan fingerprint density at radius 2 is 1.05 bits per heavy atom. The zero-order chi connectivity index (χ0) is 63.8. The van der Waals surface area contributed by atoms with Gasteiger partial charge in [0.1, 0.15) is 23.2 Å². The standard InChI is InChI=1S/C59H83N15O14/c1-2-46(76)62-24-26-67-59(88)70-58(60)66-20-7-6-11-45(56(86)68-35-40-12-18-44(75)19-13-40)69-57(87)51(41-9-4-3-5-10-41)42-14-16-43(17-15-42)61-21-8-22-64-52-53(55(85)54(52)84)65-25-23-63-47(77)36-71-27-29-72(37-48(78)79)31-33-74(39-50(82)83)34-32-73(30-28-71)38-49(80)81/h3-5,9-10,12-19,45,51,61,64-65,75H,2,6-8,11,20-39H2,1H3,(H,62,76)(H,63,77)(H,68,86)(H,69,87)(H,78,79)(H,80,81)(H,82,83)(H4,60,66,67,70,88)/t45-,51?/m1/s1. The molecule has 1 unspecified atom stereocenters. The fourth-order valence-corrected chi connectivity index (χ4v) is 9.44. The molecule has 0 aliphatic carbocycles. The fraction of sp³-hybridized carbons (Fsp3) is 0.475. The molecular weight excluding hydrogens is 1140 g/mol. The minimum Gasteiger partial charge on any atom is -0.508 e. The van der Waals surface area contributed by atoms with Gasteiger partial charge in [-0.25, -0.2) is 4.79 Å². The van der Waals surface area contributed by atoms with Crippen molar-refractivity contribution in [1.29, 1.82) is 0 Å². The molecule has 478 valence electrons. The van der Waals surface area contributed by atoms with Crippen molar-refractivity contribution in [3.05, 3.63) is 116 Å². The normalized spacial score (nSPS) is 14.6. The van der Waals surface area contributed by atoms with Crippen molar-refractivity contribution in [1.82, 2.24) is 51.5 Å². The van der Waals surface area contributed by atoms with Crippen LogP contribution in [0.3, 0.4) is 0 Å². The van der Waals surface area contributed by atoms with Gasteiger partial charge < -0.3 is 68.7 Å². The molecule has 0 aromatic heterocycles. The molecule has 4 aromatic carbocycles. The van der Waals surface area contributed by atoms with Crippen molar-refractivity contribution in [2.75, 3.05) is 140 Å². The Kier molecular flexibility index (Phi) is 29.6. The number of nitrogens with two attached hydrogens (primary N) is 1. The molecule has 0 bridgehead atoms. The van der Waals surface area contributed by atoms with Crippen LogP contribution in [0.4, 0.5) is 21.9 Å². The van der Waals surface area contributed by atoms with Gasteiger partial charge in [-0.2, -0.15) is 0 Å². The summed E-state index contributed by atoms with van der Waals surface area (Å²) in [6.45, 7) is 4.50. The van der Waals surface area contributed by atoms with Gasteiger partial charge in [-0.3, -0.25) is 73.1 Å². The zero-order valence-corrected chi connectivity index (χ0v) is 49.5. The van der Waals surface area contributed by atoms with Gasteiger partial charge in [0.15, 0.2) is 5.96 Å². The highest BCUT2D eigenvalue weighted by Gasteiger charge is 2.29. The lowest BCUT2D eigenvalue weighted by Gasteiger charge is -2.32. The van der Waals surface area contributed by atoms with Crippen LogP contribution in [-0.4, -0.2) is 224 Å². The third-order valence-corrected chi connectivity index (χ3v) is 14.2. The molecule has 4 aromatic rings. The molecule has 0 spiro atoms. The first-order valence-electron chi connectivity index (χ1n) is 29.3. The number of phenolic OH excluding ortho intramolecular Hbond substituents is 1. The lowest BCUT2D eigenvalue weighted by molar-refractivity contribution is -0.140. The van der Waals surface area contributed by atoms with Gasteiger partial charge in [-0.1, -0.05) is 61.5 Å². The Labute approximate surface area is 509 Å². The van der Waals surface area contributed by atoms with E-state index in [-0.39, 0.29) is 159 Å². The number of hydrogen-bond donors (Lipinski definition) is 14. The molecule has 29 heteroatoms. The van der Waals surface area contributed by atoms with Gasteiger partial charge in [0.2, 0.25) is 23.6 Å². The van der Waals surface area contributed by atoms with Crippen molar-refractivity contribution in [2.45, 2.75) is 57.5 Å². The Morgan fingerprint density at radius 3 is 1.60 bits per heavy atom. The molecule has 15 N–H and O–H groups in total. The molecule has 1 aliphatic rings. The van der Waals surface area contributed by atoms with E-state index in [1.807, 2.05) is 54.6 Å². The number of nitrogens with one attached hydrogen (secondary N) is 9. The SMILES string of the molecule is CCC(=O)NCCNC(=O)NC(N)=NCCCC[C@@H](NC(=O)C(c1ccccc1)c1ccc(NCCCNc2c(NCCNC(=O)CN3CCN(CC(=O)O)CCN(CC(=O)O)CCN(CC(=O)O)CC3)c(=O)c2=O)cc1)C(=O)NCc1ccc(O)cc1. The summed E-state index contributed by atoms with van der Waals surface area (Å²) >= 11 is 0. The number of urea groups is 1. The van der Waals surface area contributed by atoms with Crippen LogP contribution in [0.5, 0.6) is 5.75 Å². The number of anilines is 3. The summed E-state index contributed by atoms with van der Waals surface area (Å²) in [4.78, 5) is 136. The van der Waals surface area contributed by atoms with Crippen molar-refractivity contribution in [2.24, 2.45) is 10.7 Å². The predicted octanol–water partition coefficient (Wildman–Crippen LogP) is -0.851. The number of aliphatic imine (C=N–C) groups is 1. The van der Waals surface area contributed by atoms with Crippen LogP contribution in [0.1, 0.15) is 61.6 Å². The topological polar surface area (TPSA) is 411 Å². The molecule has 1 fully saturated rings. The summed E-state index contributed by atoms with van der Waals surface area (Å²) in [6, 6.07) is 21.3. The number of carbonyl (C=O) groups excluding carboxylic acids is 5. The second-order valence-corrected chi connectivity index (χ2v) is 20.9. The maximum Gasteiger partial charge on any atom is 0.321 e. The van der Waals surface area contributed by atoms with Crippen molar-refractivity contribution >= 4 is 70.6 Å². The molecule has 0 saturated carbocycles. The number of carboxylic acids is 3. The van der Waals surface area contributed by atoms with Crippen LogP contribution in [0.15, 0.2) is 93.4 Å². The lowest BCUT2D eigenvalue weighted by atomic mass is 9.90. The fourth-order valence-electron chi connectivity index (χ4n) is 9.44. The quantitative estimate of drug-likeness (QED) is 0.0117. The van der Waals surface area contributed by atoms with Gasteiger partial charge in [0, 0.05) is 117 Å². The van der Waals surface area contributed by atoms with Crippen LogP contribution in [0.25, 0.3) is 0 Å². The molecule has 1 heterocycles. The number of aromatic hydroxyl groups is 1. The van der Waals surface area contributed by atoms with Crippen molar-refractivity contribution in [3.63, 3.8) is 0 Å². The van der Waals surface area contributed by atoms with Crippen LogP contribution in [0.2, 0.25) is 0 Å². The van der Waals surface area contributed by atoms with Gasteiger partial charge in [-0.15, -0.1) is 0 Å². The minimum atomic E-state index is -1.06. The molecule has 2 atom stereocenters. The van der Waals surface area contributed by atoms with Gasteiger partial charge in [0.05, 0.1) is 32.1 Å². The van der Waals surface area contributed by atoms with E-state index in [2.05, 4.69) is 52.8 Å². The number of rotatable bonds is 34. The highest BCUT2D eigenvalue weighted by molar-refractivity contribution is 5.95. The number of nitrogens with zero attached hydrogens (tertiary/aromatic N) is 5. The summed E-state index contributed by atoms with van der Waals surface area (Å²) in [5, 5.41) is 63.8. The molecule has 1 saturated heterocycles. The average molecular weight is 1230 g/mol. The van der Waals surface area contributed by atoms with Crippen molar-refractivity contribution < 1.29 is 58.8 Å². The van der Waals surface area contributed by atoms with E-state index in [1.54, 1.807) is 38.7 Å². The maximum absolute atomic E-state index is 14.4. The van der Waals surface area contributed by atoms with Gasteiger partial charge in [0.25, 0.3) is 10.9 Å². The highest BCUT2D eigenvalue weighted by atomic mass is 16.4. The number of phenols is 1. The van der Waals surface area contributed by atoms with Crippen LogP contribution in [0, 0.1) is 0 Å². The van der Waals surface area contributed by atoms with E-state index in [4.69, 9.17) is 5.73 Å². The first kappa shape index (κ1) is 69.6. The average Bonchev–Trinajstić information content (AvgIpc) is 2.11. The van der Waals surface area contributed by atoms with E-state index in [0.717, 1.165) is 11.3 Å². The number of aliphatic carboxylic acids is 3. The number of amides is 6. The summed E-state index contributed by atoms with van der Waals surface area (Å²) in [5.74, 6) is -5.39. The molecule has 0 radical (unpaired) electrons. The number of carboxylic acid groups (broad SMARTS) is 3. The Balaban J connectivity index is 1.10. The van der Waals surface area contributed by atoms with Gasteiger partial charge in [-0.05, 0) is 66.6 Å². The van der Waals surface area contributed by atoms with Crippen LogP contribution < -0.4 is 64.4 Å². The first-order valence-corrected chi connectivity index (χ1v) is 29.3. The predicted molar refractivity (Wildman–Crippen MR) is 330 cm³/mol. The summed E-state index contributed by atoms with van der Waals surface area (Å²) in [7, 11) is 0. The second-order valence-electron chi connectivity index (χ2n) is 20.9. The minimum absolute atomic E-state index is 0.0767. The Hall–Kier alpha value is -9.19. The number of guanidine groups is 1. The summed E-state index contributed by atoms with van der Waals surface area (Å²) in [5.41, 5.74) is 7.58. The molecule has 88 heavy (non-hydrogen) atoms. The van der Waals surface area contributed by atoms with Crippen LogP contribution in [-0.2, 0) is 40.1 Å². The summed E-state index contributed by atoms with van der Waals surface area (Å²) in [6.07, 6.45) is 2.00. The maximum atomic E-state index is 14.4. The Bertz CT molecular complexity index is 2980. The van der Waals surface area contributed by atoms with Gasteiger partial charge >= 0.3 is 23.9 Å². The third-order valence-electron chi connectivity index (χ3n) is 14.2. The van der Waals surface area contributed by atoms with Crippen molar-refractivity contribution in [3.8, 4) is 5.75 Å². The number of unbranched alkanes of at least 4 members (excludes halogenated alkanes) is 1. The smallest absolute Gasteiger partial charge is 0.321 e. The van der Waals surface area contributed by atoms with Crippen LogP contribution >= 0.6 is 0 Å².